The molecule has 1 fully saturated rings. The van der Waals surface area contributed by atoms with E-state index in [1.54, 1.807) is 6.07 Å². The molecular weight excluding hydrogens is 295 g/mol. The van der Waals surface area contributed by atoms with E-state index >= 15 is 0 Å². The van der Waals surface area contributed by atoms with Crippen molar-refractivity contribution in [2.75, 3.05) is 0 Å². The molecule has 0 aliphatic heterocycles. The predicted octanol–water partition coefficient (Wildman–Crippen LogP) is 3.05. The number of hydrogen-bond donors (Lipinski definition) is 3. The van der Waals surface area contributed by atoms with Crippen molar-refractivity contribution in [3.63, 3.8) is 0 Å². The van der Waals surface area contributed by atoms with Crippen LogP contribution < -0.4 is 10.6 Å². The van der Waals surface area contributed by atoms with Crippen LogP contribution in [0.25, 0.3) is 0 Å². The van der Waals surface area contributed by atoms with Crippen LogP contribution in [-0.2, 0) is 6.42 Å². The Balaban J connectivity index is 1.65. The van der Waals surface area contributed by atoms with Gasteiger partial charge in [-0.3, -0.25) is 0 Å². The number of halogens is 1. The topological polar surface area (TPSA) is 61.4 Å². The summed E-state index contributed by atoms with van der Waals surface area (Å²) in [5.74, 6) is 0.103. The fraction of sp³-hybridized carbons (Fsp3) is 0.611. The molecule has 2 aliphatic rings. The van der Waals surface area contributed by atoms with Gasteiger partial charge >= 0.3 is 6.03 Å². The Labute approximate surface area is 136 Å². The average molecular weight is 320 g/mol. The van der Waals surface area contributed by atoms with Crippen molar-refractivity contribution in [3.05, 3.63) is 35.1 Å². The highest BCUT2D eigenvalue weighted by Gasteiger charge is 2.30. The summed E-state index contributed by atoms with van der Waals surface area (Å²) in [5, 5.41) is 15.6. The van der Waals surface area contributed by atoms with Crippen molar-refractivity contribution in [3.8, 4) is 0 Å². The molecule has 23 heavy (non-hydrogen) atoms. The van der Waals surface area contributed by atoms with Gasteiger partial charge in [-0.2, -0.15) is 0 Å². The molecule has 5 heteroatoms. The number of aliphatic hydroxyl groups excluding tert-OH is 1. The molecule has 0 aromatic heterocycles. The van der Waals surface area contributed by atoms with Gasteiger partial charge in [-0.05, 0) is 61.6 Å². The lowest BCUT2D eigenvalue weighted by Gasteiger charge is -2.33. The van der Waals surface area contributed by atoms with Crippen molar-refractivity contribution in [1.29, 1.82) is 0 Å². The normalized spacial score (nSPS) is 30.4. The Kier molecular flexibility index (Phi) is 4.85. The van der Waals surface area contributed by atoms with E-state index in [-0.39, 0.29) is 36.0 Å². The van der Waals surface area contributed by atoms with Crippen molar-refractivity contribution >= 4 is 6.03 Å². The second-order valence-electron chi connectivity index (χ2n) is 6.92. The number of urea groups is 1. The van der Waals surface area contributed by atoms with E-state index in [0.717, 1.165) is 49.7 Å². The minimum absolute atomic E-state index is 0.115. The van der Waals surface area contributed by atoms with E-state index in [9.17, 15) is 14.3 Å². The van der Waals surface area contributed by atoms with E-state index in [0.29, 0.717) is 0 Å². The SMILES string of the molecule is CC1CCc2c(F)cccc2C1NC(=O)NC1CCC(O)CC1. The van der Waals surface area contributed by atoms with Crippen LogP contribution in [0.5, 0.6) is 0 Å². The molecule has 1 aromatic rings. The molecule has 0 bridgehead atoms. The van der Waals surface area contributed by atoms with E-state index in [4.69, 9.17) is 0 Å². The third-order valence-electron chi connectivity index (χ3n) is 5.23. The summed E-state index contributed by atoms with van der Waals surface area (Å²) in [6.45, 7) is 2.09. The Morgan fingerprint density at radius 3 is 2.65 bits per heavy atom. The summed E-state index contributed by atoms with van der Waals surface area (Å²) in [6.07, 6.45) is 4.44. The molecular formula is C18H25FN2O2. The van der Waals surface area contributed by atoms with Crippen LogP contribution in [0.1, 0.15) is 56.2 Å². The third-order valence-corrected chi connectivity index (χ3v) is 5.23. The largest absolute Gasteiger partial charge is 0.393 e. The summed E-state index contributed by atoms with van der Waals surface area (Å²) in [5.41, 5.74) is 1.63. The van der Waals surface area contributed by atoms with Crippen molar-refractivity contribution in [1.82, 2.24) is 10.6 Å². The van der Waals surface area contributed by atoms with Gasteiger partial charge in [-0.1, -0.05) is 19.1 Å². The van der Waals surface area contributed by atoms with Gasteiger partial charge in [0.1, 0.15) is 5.82 Å². The maximum atomic E-state index is 14.0. The van der Waals surface area contributed by atoms with E-state index in [2.05, 4.69) is 17.6 Å². The second-order valence-corrected chi connectivity index (χ2v) is 6.92. The van der Waals surface area contributed by atoms with Crippen LogP contribution >= 0.6 is 0 Å². The number of aliphatic hydroxyl groups is 1. The summed E-state index contributed by atoms with van der Waals surface area (Å²) in [4.78, 5) is 12.3. The van der Waals surface area contributed by atoms with Crippen molar-refractivity contribution < 1.29 is 14.3 Å². The summed E-state index contributed by atoms with van der Waals surface area (Å²) in [6, 6.07) is 4.88. The van der Waals surface area contributed by atoms with Gasteiger partial charge < -0.3 is 15.7 Å². The molecule has 3 rings (SSSR count). The Morgan fingerprint density at radius 2 is 1.91 bits per heavy atom. The number of nitrogens with one attached hydrogen (secondary N) is 2. The van der Waals surface area contributed by atoms with Crippen LogP contribution in [0.3, 0.4) is 0 Å². The molecule has 2 unspecified atom stereocenters. The molecule has 4 nitrogen and oxygen atoms in total. The lowest BCUT2D eigenvalue weighted by molar-refractivity contribution is 0.117. The first-order valence-corrected chi connectivity index (χ1v) is 8.57. The van der Waals surface area contributed by atoms with Crippen molar-refractivity contribution in [2.24, 2.45) is 5.92 Å². The zero-order chi connectivity index (χ0) is 16.4. The highest BCUT2D eigenvalue weighted by Crippen LogP contribution is 2.35. The molecule has 1 aromatic carbocycles. The third kappa shape index (κ3) is 3.66. The summed E-state index contributed by atoms with van der Waals surface area (Å²) in [7, 11) is 0. The molecule has 0 saturated heterocycles. The number of benzene rings is 1. The van der Waals surface area contributed by atoms with Gasteiger partial charge in [-0.15, -0.1) is 0 Å². The fourth-order valence-corrected chi connectivity index (χ4v) is 3.78. The number of carbonyl (C=O) groups is 1. The first kappa shape index (κ1) is 16.2. The van der Waals surface area contributed by atoms with Crippen LogP contribution in [0.4, 0.5) is 9.18 Å². The smallest absolute Gasteiger partial charge is 0.315 e. The molecule has 2 amide bonds. The maximum absolute atomic E-state index is 14.0. The lowest BCUT2D eigenvalue weighted by atomic mass is 9.80. The van der Waals surface area contributed by atoms with E-state index in [1.165, 1.54) is 6.07 Å². The van der Waals surface area contributed by atoms with Gasteiger partial charge in [0.25, 0.3) is 0 Å². The highest BCUT2D eigenvalue weighted by molar-refractivity contribution is 5.75. The molecule has 2 atom stereocenters. The predicted molar refractivity (Wildman–Crippen MR) is 86.6 cm³/mol. The second kappa shape index (κ2) is 6.87. The van der Waals surface area contributed by atoms with Gasteiger partial charge in [0.05, 0.1) is 12.1 Å². The standard InChI is InChI=1S/C18H25FN2O2/c1-11-5-10-14-15(3-2-4-16(14)19)17(11)21-18(23)20-12-6-8-13(22)9-7-12/h2-4,11-13,17,22H,5-10H2,1H3,(H2,20,21,23). The maximum Gasteiger partial charge on any atom is 0.315 e. The van der Waals surface area contributed by atoms with Gasteiger partial charge in [0.2, 0.25) is 0 Å². The molecule has 1 saturated carbocycles. The van der Waals surface area contributed by atoms with Crippen LogP contribution in [0, 0.1) is 11.7 Å². The number of fused-ring (bicyclic) bond motifs is 1. The van der Waals surface area contributed by atoms with Crippen LogP contribution in [0.15, 0.2) is 18.2 Å². The average Bonchev–Trinajstić information content (AvgIpc) is 2.53. The highest BCUT2D eigenvalue weighted by atomic mass is 19.1. The first-order chi connectivity index (χ1) is 11.0. The minimum atomic E-state index is -0.232. The Bertz CT molecular complexity index is 570. The van der Waals surface area contributed by atoms with E-state index < -0.39 is 0 Å². The number of rotatable bonds is 2. The lowest BCUT2D eigenvalue weighted by Crippen LogP contribution is -2.47. The fourth-order valence-electron chi connectivity index (χ4n) is 3.78. The zero-order valence-corrected chi connectivity index (χ0v) is 13.5. The van der Waals surface area contributed by atoms with Gasteiger partial charge in [0, 0.05) is 6.04 Å². The summed E-state index contributed by atoms with van der Waals surface area (Å²) < 4.78 is 14.0. The number of hydrogen-bond acceptors (Lipinski definition) is 2. The van der Waals surface area contributed by atoms with Gasteiger partial charge in [0.15, 0.2) is 0 Å². The quantitative estimate of drug-likeness (QED) is 0.784. The molecule has 2 aliphatic carbocycles. The molecule has 0 heterocycles. The number of carbonyl (C=O) groups excluding carboxylic acids is 1. The van der Waals surface area contributed by atoms with E-state index in [1.807, 2.05) is 6.07 Å². The summed E-state index contributed by atoms with van der Waals surface area (Å²) >= 11 is 0. The Hall–Kier alpha value is -1.62. The first-order valence-electron chi connectivity index (χ1n) is 8.57. The molecule has 0 radical (unpaired) electrons. The zero-order valence-electron chi connectivity index (χ0n) is 13.5. The molecule has 126 valence electrons. The van der Waals surface area contributed by atoms with Crippen LogP contribution in [-0.4, -0.2) is 23.3 Å². The Morgan fingerprint density at radius 1 is 1.17 bits per heavy atom. The molecule has 0 spiro atoms. The van der Waals surface area contributed by atoms with Crippen molar-refractivity contribution in [2.45, 2.75) is 63.6 Å². The van der Waals surface area contributed by atoms with Gasteiger partial charge in [-0.25, -0.2) is 9.18 Å². The molecule has 3 N–H and O–H groups in total. The van der Waals surface area contributed by atoms with Crippen LogP contribution in [0.2, 0.25) is 0 Å². The number of amides is 2. The minimum Gasteiger partial charge on any atom is -0.393 e. The monoisotopic (exact) mass is 320 g/mol.